The van der Waals surface area contributed by atoms with Crippen molar-refractivity contribution < 1.29 is 23.7 Å². The Bertz CT molecular complexity index is 315. The predicted molar refractivity (Wildman–Crippen MR) is 61.7 cm³/mol. The standard InChI is InChI=1S/C12H18O5/c1-14-6-7-17-9-10-8-11(13)4-5-12(10,15-2)16-3/h4-5,8H,6-7,9H2,1-3H3. The molecular weight excluding hydrogens is 224 g/mol. The lowest BCUT2D eigenvalue weighted by Crippen LogP contribution is -2.38. The van der Waals surface area contributed by atoms with Gasteiger partial charge in [0.15, 0.2) is 5.78 Å². The van der Waals surface area contributed by atoms with E-state index < -0.39 is 5.79 Å². The maximum Gasteiger partial charge on any atom is 0.213 e. The van der Waals surface area contributed by atoms with Gasteiger partial charge in [-0.15, -0.1) is 0 Å². The van der Waals surface area contributed by atoms with Crippen molar-refractivity contribution >= 4 is 5.78 Å². The summed E-state index contributed by atoms with van der Waals surface area (Å²) in [4.78, 5) is 11.3. The Hall–Kier alpha value is -1.01. The van der Waals surface area contributed by atoms with Gasteiger partial charge in [-0.2, -0.15) is 0 Å². The Balaban J connectivity index is 2.67. The van der Waals surface area contributed by atoms with Gasteiger partial charge >= 0.3 is 0 Å². The zero-order valence-electron chi connectivity index (χ0n) is 10.4. The molecule has 1 aliphatic rings. The van der Waals surface area contributed by atoms with Crippen molar-refractivity contribution in [3.05, 3.63) is 23.8 Å². The SMILES string of the molecule is COCCOCC1=CC(=O)C=CC1(OC)OC. The van der Waals surface area contributed by atoms with Gasteiger partial charge in [-0.1, -0.05) is 0 Å². The van der Waals surface area contributed by atoms with E-state index in [9.17, 15) is 4.79 Å². The van der Waals surface area contributed by atoms with Crippen LogP contribution in [-0.2, 0) is 23.7 Å². The van der Waals surface area contributed by atoms with Crippen molar-refractivity contribution in [1.29, 1.82) is 0 Å². The van der Waals surface area contributed by atoms with E-state index in [1.165, 1.54) is 26.4 Å². The molecule has 0 aromatic heterocycles. The first kappa shape index (κ1) is 14.1. The van der Waals surface area contributed by atoms with Gasteiger partial charge in [0.25, 0.3) is 0 Å². The van der Waals surface area contributed by atoms with Gasteiger partial charge in [0, 0.05) is 26.9 Å². The number of ether oxygens (including phenoxy) is 4. The summed E-state index contributed by atoms with van der Waals surface area (Å²) < 4.78 is 20.9. The summed E-state index contributed by atoms with van der Waals surface area (Å²) in [6.45, 7) is 1.22. The lowest BCUT2D eigenvalue weighted by Gasteiger charge is -2.31. The van der Waals surface area contributed by atoms with Gasteiger partial charge < -0.3 is 18.9 Å². The zero-order chi connectivity index (χ0) is 12.7. The van der Waals surface area contributed by atoms with Crippen molar-refractivity contribution in [1.82, 2.24) is 0 Å². The third-order valence-corrected chi connectivity index (χ3v) is 2.53. The first-order chi connectivity index (χ1) is 8.18. The van der Waals surface area contributed by atoms with Crippen LogP contribution < -0.4 is 0 Å². The lowest BCUT2D eigenvalue weighted by atomic mass is 9.99. The van der Waals surface area contributed by atoms with Crippen LogP contribution in [0.25, 0.3) is 0 Å². The zero-order valence-corrected chi connectivity index (χ0v) is 10.4. The number of allylic oxidation sites excluding steroid dienone is 2. The molecule has 0 N–H and O–H groups in total. The Labute approximate surface area is 101 Å². The summed E-state index contributed by atoms with van der Waals surface area (Å²) in [5, 5.41) is 0. The number of carbonyl (C=O) groups is 1. The number of rotatable bonds is 7. The average Bonchev–Trinajstić information content (AvgIpc) is 2.36. The Morgan fingerprint density at radius 3 is 2.47 bits per heavy atom. The quantitative estimate of drug-likeness (QED) is 0.486. The lowest BCUT2D eigenvalue weighted by molar-refractivity contribution is -0.150. The molecule has 0 radical (unpaired) electrons. The maximum absolute atomic E-state index is 11.3. The summed E-state index contributed by atoms with van der Waals surface area (Å²) in [6.07, 6.45) is 4.48. The van der Waals surface area contributed by atoms with Crippen LogP contribution in [0.5, 0.6) is 0 Å². The normalized spacial score (nSPS) is 18.3. The molecular formula is C12H18O5. The molecule has 0 spiro atoms. The molecule has 5 heteroatoms. The highest BCUT2D eigenvalue weighted by atomic mass is 16.7. The molecule has 5 nitrogen and oxygen atoms in total. The molecule has 0 amide bonds. The van der Waals surface area contributed by atoms with Gasteiger partial charge in [-0.25, -0.2) is 0 Å². The van der Waals surface area contributed by atoms with Crippen molar-refractivity contribution in [2.24, 2.45) is 0 Å². The van der Waals surface area contributed by atoms with Crippen LogP contribution >= 0.6 is 0 Å². The molecule has 0 saturated carbocycles. The van der Waals surface area contributed by atoms with E-state index in [2.05, 4.69) is 0 Å². The van der Waals surface area contributed by atoms with E-state index in [-0.39, 0.29) is 12.4 Å². The second-order valence-corrected chi connectivity index (χ2v) is 3.53. The highest BCUT2D eigenvalue weighted by molar-refractivity contribution is 6.01. The molecule has 0 saturated heterocycles. The van der Waals surface area contributed by atoms with Crippen LogP contribution in [0, 0.1) is 0 Å². The summed E-state index contributed by atoms with van der Waals surface area (Å²) in [7, 11) is 4.64. The Kier molecular flexibility index (Phi) is 5.50. The van der Waals surface area contributed by atoms with Gasteiger partial charge in [0.05, 0.1) is 19.8 Å². The smallest absolute Gasteiger partial charge is 0.213 e. The minimum atomic E-state index is -0.999. The van der Waals surface area contributed by atoms with Gasteiger partial charge in [-0.3, -0.25) is 4.79 Å². The largest absolute Gasteiger partial charge is 0.382 e. The van der Waals surface area contributed by atoms with Crippen LogP contribution in [0.1, 0.15) is 0 Å². The van der Waals surface area contributed by atoms with E-state index in [1.54, 1.807) is 13.2 Å². The first-order valence-corrected chi connectivity index (χ1v) is 5.29. The molecule has 0 heterocycles. The summed E-state index contributed by atoms with van der Waals surface area (Å²) in [6, 6.07) is 0. The topological polar surface area (TPSA) is 54.0 Å². The Morgan fingerprint density at radius 2 is 1.88 bits per heavy atom. The van der Waals surface area contributed by atoms with Crippen molar-refractivity contribution in [2.45, 2.75) is 5.79 Å². The van der Waals surface area contributed by atoms with E-state index >= 15 is 0 Å². The number of hydrogen-bond acceptors (Lipinski definition) is 5. The number of methoxy groups -OCH3 is 3. The minimum Gasteiger partial charge on any atom is -0.382 e. The molecule has 0 aromatic rings. The van der Waals surface area contributed by atoms with E-state index in [0.29, 0.717) is 18.8 Å². The summed E-state index contributed by atoms with van der Waals surface area (Å²) in [5.74, 6) is -1.10. The molecule has 1 rings (SSSR count). The number of ketones is 1. The fourth-order valence-electron chi connectivity index (χ4n) is 1.57. The second-order valence-electron chi connectivity index (χ2n) is 3.53. The van der Waals surface area contributed by atoms with Crippen LogP contribution in [0.4, 0.5) is 0 Å². The van der Waals surface area contributed by atoms with E-state index in [1.807, 2.05) is 0 Å². The third kappa shape index (κ3) is 3.47. The van der Waals surface area contributed by atoms with Crippen molar-refractivity contribution in [3.63, 3.8) is 0 Å². The van der Waals surface area contributed by atoms with Crippen molar-refractivity contribution in [3.8, 4) is 0 Å². The summed E-state index contributed by atoms with van der Waals surface area (Å²) >= 11 is 0. The van der Waals surface area contributed by atoms with E-state index in [0.717, 1.165) is 0 Å². The summed E-state index contributed by atoms with van der Waals surface area (Å²) in [5.41, 5.74) is 0.645. The number of carbonyl (C=O) groups excluding carboxylic acids is 1. The fraction of sp³-hybridized carbons (Fsp3) is 0.583. The monoisotopic (exact) mass is 242 g/mol. The molecule has 0 fully saturated rings. The molecule has 1 aliphatic carbocycles. The number of hydrogen-bond donors (Lipinski definition) is 0. The maximum atomic E-state index is 11.3. The Morgan fingerprint density at radius 1 is 1.18 bits per heavy atom. The molecule has 0 atom stereocenters. The van der Waals surface area contributed by atoms with E-state index in [4.69, 9.17) is 18.9 Å². The predicted octanol–water partition coefficient (Wildman–Crippen LogP) is 0.704. The van der Waals surface area contributed by atoms with Gasteiger partial charge in [0.2, 0.25) is 5.79 Å². The second kappa shape index (κ2) is 6.66. The highest BCUT2D eigenvalue weighted by Gasteiger charge is 2.34. The third-order valence-electron chi connectivity index (χ3n) is 2.53. The first-order valence-electron chi connectivity index (χ1n) is 5.29. The van der Waals surface area contributed by atoms with Crippen LogP contribution in [0.2, 0.25) is 0 Å². The molecule has 96 valence electrons. The van der Waals surface area contributed by atoms with Gasteiger partial charge in [-0.05, 0) is 18.2 Å². The molecule has 0 unspecified atom stereocenters. The minimum absolute atomic E-state index is 0.0972. The van der Waals surface area contributed by atoms with Crippen LogP contribution in [-0.4, -0.2) is 52.7 Å². The highest BCUT2D eigenvalue weighted by Crippen LogP contribution is 2.27. The van der Waals surface area contributed by atoms with Gasteiger partial charge in [0.1, 0.15) is 0 Å². The fourth-order valence-corrected chi connectivity index (χ4v) is 1.57. The molecule has 0 bridgehead atoms. The van der Waals surface area contributed by atoms with Crippen molar-refractivity contribution in [2.75, 3.05) is 41.2 Å². The average molecular weight is 242 g/mol. The molecule has 0 aliphatic heterocycles. The molecule has 0 aromatic carbocycles. The van der Waals surface area contributed by atoms with Crippen LogP contribution in [0.15, 0.2) is 23.8 Å². The van der Waals surface area contributed by atoms with Crippen LogP contribution in [0.3, 0.4) is 0 Å². The molecule has 17 heavy (non-hydrogen) atoms.